The molecule has 2 aromatic carbocycles. The van der Waals surface area contributed by atoms with Gasteiger partial charge in [-0.3, -0.25) is 4.79 Å². The Hall–Kier alpha value is -2.93. The minimum absolute atomic E-state index is 0.116. The summed E-state index contributed by atoms with van der Waals surface area (Å²) >= 11 is 1.18. The Bertz CT molecular complexity index is 900. The van der Waals surface area contributed by atoms with Crippen LogP contribution in [-0.2, 0) is 13.0 Å². The van der Waals surface area contributed by atoms with E-state index in [1.165, 1.54) is 17.1 Å². The highest BCUT2D eigenvalue weighted by molar-refractivity contribution is 7.03. The first kappa shape index (κ1) is 17.5. The summed E-state index contributed by atoms with van der Waals surface area (Å²) in [4.78, 5) is 14.7. The molecule has 4 rings (SSSR count). The second-order valence-corrected chi connectivity index (χ2v) is 6.84. The fourth-order valence-corrected chi connectivity index (χ4v) is 3.42. The number of nitrogens with zero attached hydrogens (tertiary/aromatic N) is 3. The summed E-state index contributed by atoms with van der Waals surface area (Å²) in [5.41, 5.74) is 2.56. The topological polar surface area (TPSA) is 64.6 Å². The van der Waals surface area contributed by atoms with Gasteiger partial charge in [-0.15, -0.1) is 5.10 Å². The van der Waals surface area contributed by atoms with Gasteiger partial charge in [0.15, 0.2) is 17.2 Å². The van der Waals surface area contributed by atoms with Crippen molar-refractivity contribution >= 4 is 17.4 Å². The molecule has 27 heavy (non-hydrogen) atoms. The second-order valence-electron chi connectivity index (χ2n) is 6.23. The molecule has 0 bridgehead atoms. The quantitative estimate of drug-likeness (QED) is 0.656. The molecule has 1 aromatic heterocycles. The third kappa shape index (κ3) is 4.25. The fraction of sp³-hybridized carbons (Fsp3) is 0.250. The zero-order valence-electron chi connectivity index (χ0n) is 14.7. The van der Waals surface area contributed by atoms with Crippen LogP contribution in [0.15, 0.2) is 53.9 Å². The van der Waals surface area contributed by atoms with Gasteiger partial charge in [-0.05, 0) is 41.2 Å². The van der Waals surface area contributed by atoms with Gasteiger partial charge in [0.2, 0.25) is 0 Å². The standard InChI is InChI=1S/C20H19N3O3S/c24-20(17-14-27-22-21-17)23(9-8-15-4-2-1-3-5-15)13-16-6-7-18-19(12-16)26-11-10-25-18/h1-7,12,14H,8-11,13H2. The molecule has 0 saturated heterocycles. The average molecular weight is 381 g/mol. The van der Waals surface area contributed by atoms with Crippen molar-refractivity contribution in [2.45, 2.75) is 13.0 Å². The van der Waals surface area contributed by atoms with Gasteiger partial charge in [-0.1, -0.05) is 40.9 Å². The molecule has 0 fully saturated rings. The Morgan fingerprint density at radius 2 is 1.85 bits per heavy atom. The molecular formula is C20H19N3O3S. The van der Waals surface area contributed by atoms with Crippen LogP contribution >= 0.6 is 11.5 Å². The van der Waals surface area contributed by atoms with E-state index in [1.54, 1.807) is 10.3 Å². The molecular weight excluding hydrogens is 362 g/mol. The third-order valence-electron chi connectivity index (χ3n) is 4.36. The Morgan fingerprint density at radius 3 is 2.63 bits per heavy atom. The molecule has 3 aromatic rings. The van der Waals surface area contributed by atoms with Crippen LogP contribution in [0.4, 0.5) is 0 Å². The predicted octanol–water partition coefficient (Wildman–Crippen LogP) is 3.19. The molecule has 0 spiro atoms. The van der Waals surface area contributed by atoms with Crippen molar-refractivity contribution in [3.05, 3.63) is 70.7 Å². The van der Waals surface area contributed by atoms with Crippen molar-refractivity contribution in [3.63, 3.8) is 0 Å². The van der Waals surface area contributed by atoms with Crippen molar-refractivity contribution in [3.8, 4) is 11.5 Å². The van der Waals surface area contributed by atoms with Gasteiger partial charge >= 0.3 is 0 Å². The summed E-state index contributed by atoms with van der Waals surface area (Å²) in [6.07, 6.45) is 0.773. The molecule has 0 atom stereocenters. The van der Waals surface area contributed by atoms with Gasteiger partial charge in [0.1, 0.15) is 13.2 Å². The van der Waals surface area contributed by atoms with Gasteiger partial charge in [0.25, 0.3) is 5.91 Å². The lowest BCUT2D eigenvalue weighted by molar-refractivity contribution is 0.0738. The smallest absolute Gasteiger partial charge is 0.275 e. The summed E-state index contributed by atoms with van der Waals surface area (Å²) in [6, 6.07) is 15.9. The Balaban J connectivity index is 1.52. The van der Waals surface area contributed by atoms with Crippen LogP contribution in [0.25, 0.3) is 0 Å². The molecule has 7 heteroatoms. The van der Waals surface area contributed by atoms with Crippen LogP contribution in [0.2, 0.25) is 0 Å². The highest BCUT2D eigenvalue weighted by Crippen LogP contribution is 2.31. The summed E-state index contributed by atoms with van der Waals surface area (Å²) < 4.78 is 15.0. The number of amides is 1. The summed E-state index contributed by atoms with van der Waals surface area (Å²) in [5, 5.41) is 5.62. The molecule has 6 nitrogen and oxygen atoms in total. The molecule has 0 unspecified atom stereocenters. The third-order valence-corrected chi connectivity index (χ3v) is 4.86. The maximum absolute atomic E-state index is 12.9. The van der Waals surface area contributed by atoms with E-state index in [0.29, 0.717) is 32.0 Å². The van der Waals surface area contributed by atoms with Crippen LogP contribution in [0.5, 0.6) is 11.5 Å². The Kier molecular flexibility index (Phi) is 5.29. The second kappa shape index (κ2) is 8.18. The van der Waals surface area contributed by atoms with Crippen molar-refractivity contribution in [2.75, 3.05) is 19.8 Å². The van der Waals surface area contributed by atoms with E-state index in [9.17, 15) is 4.79 Å². The number of fused-ring (bicyclic) bond motifs is 1. The van der Waals surface area contributed by atoms with Crippen molar-refractivity contribution < 1.29 is 14.3 Å². The van der Waals surface area contributed by atoms with Gasteiger partial charge < -0.3 is 14.4 Å². The lowest BCUT2D eigenvalue weighted by atomic mass is 10.1. The number of hydrogen-bond acceptors (Lipinski definition) is 6. The van der Waals surface area contributed by atoms with E-state index in [0.717, 1.165) is 23.5 Å². The van der Waals surface area contributed by atoms with Crippen LogP contribution < -0.4 is 9.47 Å². The molecule has 138 valence electrons. The van der Waals surface area contributed by atoms with Crippen LogP contribution in [0.1, 0.15) is 21.6 Å². The number of hydrogen-bond donors (Lipinski definition) is 0. The van der Waals surface area contributed by atoms with E-state index in [4.69, 9.17) is 9.47 Å². The predicted molar refractivity (Wildman–Crippen MR) is 102 cm³/mol. The van der Waals surface area contributed by atoms with E-state index >= 15 is 0 Å². The van der Waals surface area contributed by atoms with E-state index in [-0.39, 0.29) is 5.91 Å². The average Bonchev–Trinajstić information content (AvgIpc) is 3.26. The maximum atomic E-state index is 12.9. The van der Waals surface area contributed by atoms with Crippen molar-refractivity contribution in [1.82, 2.24) is 14.5 Å². The van der Waals surface area contributed by atoms with Gasteiger partial charge in [0.05, 0.1) is 0 Å². The summed E-state index contributed by atoms with van der Waals surface area (Å²) in [6.45, 7) is 2.16. The first-order chi connectivity index (χ1) is 13.3. The minimum atomic E-state index is -0.116. The molecule has 0 N–H and O–H groups in total. The fourth-order valence-electron chi connectivity index (χ4n) is 2.99. The lowest BCUT2D eigenvalue weighted by Gasteiger charge is -2.24. The number of carbonyl (C=O) groups excluding carboxylic acids is 1. The van der Waals surface area contributed by atoms with Crippen LogP contribution in [0, 0.1) is 0 Å². The molecule has 2 heterocycles. The molecule has 1 aliphatic heterocycles. The Morgan fingerprint density at radius 1 is 1.04 bits per heavy atom. The number of ether oxygens (including phenoxy) is 2. The van der Waals surface area contributed by atoms with E-state index in [1.807, 2.05) is 36.4 Å². The van der Waals surface area contributed by atoms with Crippen molar-refractivity contribution in [2.24, 2.45) is 0 Å². The highest BCUT2D eigenvalue weighted by Gasteiger charge is 2.20. The highest BCUT2D eigenvalue weighted by atomic mass is 32.1. The minimum Gasteiger partial charge on any atom is -0.486 e. The van der Waals surface area contributed by atoms with Crippen LogP contribution in [0.3, 0.4) is 0 Å². The van der Waals surface area contributed by atoms with Gasteiger partial charge in [-0.25, -0.2) is 0 Å². The lowest BCUT2D eigenvalue weighted by Crippen LogP contribution is -2.32. The van der Waals surface area contributed by atoms with E-state index < -0.39 is 0 Å². The van der Waals surface area contributed by atoms with Gasteiger partial charge in [0, 0.05) is 18.5 Å². The van der Waals surface area contributed by atoms with Crippen LogP contribution in [-0.4, -0.2) is 40.2 Å². The number of carbonyl (C=O) groups is 1. The zero-order valence-corrected chi connectivity index (χ0v) is 15.5. The molecule has 0 radical (unpaired) electrons. The SMILES string of the molecule is O=C(c1csnn1)N(CCc1ccccc1)Cc1ccc2c(c1)OCCO2. The zero-order chi connectivity index (χ0) is 18.5. The molecule has 1 amide bonds. The number of benzene rings is 2. The summed E-state index contributed by atoms with van der Waals surface area (Å²) in [7, 11) is 0. The molecule has 0 aliphatic carbocycles. The monoisotopic (exact) mass is 381 g/mol. The number of rotatable bonds is 6. The summed E-state index contributed by atoms with van der Waals surface area (Å²) in [5.74, 6) is 1.36. The van der Waals surface area contributed by atoms with Crippen molar-refractivity contribution in [1.29, 1.82) is 0 Å². The van der Waals surface area contributed by atoms with E-state index in [2.05, 4.69) is 21.7 Å². The molecule has 1 aliphatic rings. The first-order valence-corrected chi connectivity index (χ1v) is 9.62. The first-order valence-electron chi connectivity index (χ1n) is 8.78. The Labute approximate surface area is 161 Å². The molecule has 0 saturated carbocycles. The maximum Gasteiger partial charge on any atom is 0.275 e. The van der Waals surface area contributed by atoms with Gasteiger partial charge in [-0.2, -0.15) is 0 Å². The number of aromatic nitrogens is 2. The largest absolute Gasteiger partial charge is 0.486 e. The normalized spacial score (nSPS) is 12.6.